The third-order valence-corrected chi connectivity index (χ3v) is 3.34. The Morgan fingerprint density at radius 3 is 1.77 bits per heavy atom. The number of carbonyl (C=O) groups excluding carboxylic acids is 2. The van der Waals surface area contributed by atoms with Gasteiger partial charge in [0, 0.05) is 12.1 Å². The third-order valence-electron chi connectivity index (χ3n) is 1.96. The van der Waals surface area contributed by atoms with E-state index in [1.54, 1.807) is 0 Å². The van der Waals surface area contributed by atoms with Gasteiger partial charge >= 0.3 is 7.59 Å². The standard InChI is InChI=1S/C5H7BrN3O3P.C5H4BrNO2/c6-4-1-3(2-12-4)5(10)9-13(7,8)11;6-4-1-3(2-9-4)5(7)8/h1-2H,(H5,7,8,9,10,11);1-2H,(H2,7,8). The first-order valence-electron chi connectivity index (χ1n) is 5.36. The van der Waals surface area contributed by atoms with Crippen LogP contribution in [0, 0.1) is 0 Å². The molecule has 120 valence electrons. The van der Waals surface area contributed by atoms with Crippen molar-refractivity contribution in [3.8, 4) is 0 Å². The Morgan fingerprint density at radius 1 is 1.05 bits per heavy atom. The van der Waals surface area contributed by atoms with Crippen LogP contribution in [0.2, 0.25) is 0 Å². The second-order valence-corrected chi connectivity index (χ2v) is 7.00. The minimum absolute atomic E-state index is 0.197. The van der Waals surface area contributed by atoms with E-state index >= 15 is 0 Å². The van der Waals surface area contributed by atoms with Gasteiger partial charge in [-0.15, -0.1) is 0 Å². The molecule has 2 rings (SSSR count). The number of primary amides is 1. The molecule has 7 N–H and O–H groups in total. The summed E-state index contributed by atoms with van der Waals surface area (Å²) in [4.78, 5) is 21.5. The van der Waals surface area contributed by atoms with Crippen molar-refractivity contribution in [2.24, 2.45) is 16.7 Å². The van der Waals surface area contributed by atoms with Gasteiger partial charge < -0.3 is 14.6 Å². The maximum Gasteiger partial charge on any atom is 0.300 e. The first-order chi connectivity index (χ1) is 10.1. The number of carbonyl (C=O) groups is 2. The van der Waals surface area contributed by atoms with Gasteiger partial charge in [-0.25, -0.2) is 0 Å². The Bertz CT molecular complexity index is 722. The highest BCUT2D eigenvalue weighted by Gasteiger charge is 2.16. The van der Waals surface area contributed by atoms with Gasteiger partial charge in [-0.1, -0.05) is 0 Å². The molecule has 0 spiro atoms. The van der Waals surface area contributed by atoms with Gasteiger partial charge in [-0.3, -0.25) is 30.2 Å². The van der Waals surface area contributed by atoms with Crippen LogP contribution in [0.3, 0.4) is 0 Å². The van der Waals surface area contributed by atoms with E-state index in [1.807, 2.05) is 5.09 Å². The molecule has 0 aromatic carbocycles. The highest BCUT2D eigenvalue weighted by Crippen LogP contribution is 2.20. The first kappa shape index (κ1) is 18.7. The van der Waals surface area contributed by atoms with Crippen molar-refractivity contribution in [1.82, 2.24) is 5.09 Å². The van der Waals surface area contributed by atoms with Gasteiger partial charge in [0.1, 0.15) is 12.5 Å². The van der Waals surface area contributed by atoms with Gasteiger partial charge in [0.05, 0.1) is 11.1 Å². The number of hydrogen-bond donors (Lipinski definition) is 4. The molecule has 2 amide bonds. The van der Waals surface area contributed by atoms with Crippen molar-refractivity contribution in [2.45, 2.75) is 0 Å². The maximum absolute atomic E-state index is 11.1. The molecular weight excluding hydrogens is 447 g/mol. The molecule has 0 saturated heterocycles. The lowest BCUT2D eigenvalue weighted by Crippen LogP contribution is -2.28. The van der Waals surface area contributed by atoms with Crippen LogP contribution in [0.15, 0.2) is 42.8 Å². The van der Waals surface area contributed by atoms with Gasteiger partial charge in [0.15, 0.2) is 9.34 Å². The SMILES string of the molecule is NC(=O)c1coc(Br)c1.NP(N)(=O)NC(=O)c1coc(Br)c1. The van der Waals surface area contributed by atoms with E-state index in [2.05, 4.69) is 31.9 Å². The van der Waals surface area contributed by atoms with E-state index in [0.29, 0.717) is 14.9 Å². The molecule has 0 atom stereocenters. The summed E-state index contributed by atoms with van der Waals surface area (Å²) in [6, 6.07) is 2.92. The largest absolute Gasteiger partial charge is 0.457 e. The van der Waals surface area contributed by atoms with Gasteiger partial charge in [0.2, 0.25) is 0 Å². The molecule has 0 aliphatic heterocycles. The topological polar surface area (TPSA) is 168 Å². The Hall–Kier alpha value is -1.39. The number of furan rings is 2. The molecule has 22 heavy (non-hydrogen) atoms. The van der Waals surface area contributed by atoms with Crippen molar-refractivity contribution in [3.63, 3.8) is 0 Å². The minimum Gasteiger partial charge on any atom is -0.457 e. The van der Waals surface area contributed by atoms with Crippen LogP contribution in [0.4, 0.5) is 0 Å². The van der Waals surface area contributed by atoms with E-state index in [9.17, 15) is 14.2 Å². The molecule has 0 fully saturated rings. The van der Waals surface area contributed by atoms with Gasteiger partial charge in [-0.05, 0) is 31.9 Å². The zero-order valence-corrected chi connectivity index (χ0v) is 14.9. The van der Waals surface area contributed by atoms with Crippen LogP contribution < -0.4 is 21.8 Å². The van der Waals surface area contributed by atoms with E-state index in [-0.39, 0.29) is 5.56 Å². The lowest BCUT2D eigenvalue weighted by molar-refractivity contribution is 0.0976. The smallest absolute Gasteiger partial charge is 0.300 e. The van der Waals surface area contributed by atoms with Gasteiger partial charge in [0.25, 0.3) is 11.8 Å². The second kappa shape index (κ2) is 7.75. The Morgan fingerprint density at radius 2 is 1.50 bits per heavy atom. The molecule has 9 nitrogen and oxygen atoms in total. The van der Waals surface area contributed by atoms with E-state index in [4.69, 9.17) is 25.6 Å². The second-order valence-electron chi connectivity index (χ2n) is 3.79. The van der Waals surface area contributed by atoms with Crippen LogP contribution >= 0.6 is 39.5 Å². The lowest BCUT2D eigenvalue weighted by atomic mass is 10.3. The average molecular weight is 458 g/mol. The lowest BCUT2D eigenvalue weighted by Gasteiger charge is -2.06. The Labute approximate surface area is 141 Å². The number of rotatable bonds is 3. The molecule has 2 aromatic heterocycles. The van der Waals surface area contributed by atoms with Crippen molar-refractivity contribution in [2.75, 3.05) is 0 Å². The summed E-state index contributed by atoms with van der Waals surface area (Å²) in [5.41, 5.74) is 15.4. The molecule has 0 unspecified atom stereocenters. The molecule has 0 bridgehead atoms. The summed E-state index contributed by atoms with van der Waals surface area (Å²) in [6.45, 7) is 0. The van der Waals surface area contributed by atoms with E-state index in [0.717, 1.165) is 0 Å². The zero-order chi connectivity index (χ0) is 16.9. The van der Waals surface area contributed by atoms with Crippen LogP contribution in [0.25, 0.3) is 0 Å². The quantitative estimate of drug-likeness (QED) is 0.510. The van der Waals surface area contributed by atoms with Crippen molar-refractivity contribution < 1.29 is 23.0 Å². The number of nitrogens with one attached hydrogen (secondary N) is 1. The molecule has 0 radical (unpaired) electrons. The Balaban J connectivity index is 0.000000235. The molecule has 0 aliphatic carbocycles. The molecule has 2 heterocycles. The fourth-order valence-electron chi connectivity index (χ4n) is 1.09. The first-order valence-corrected chi connectivity index (χ1v) is 8.79. The van der Waals surface area contributed by atoms with E-state index < -0.39 is 19.4 Å². The third kappa shape index (κ3) is 6.58. The number of amides is 2. The molecular formula is C10H11Br2N4O5P. The van der Waals surface area contributed by atoms with Crippen molar-refractivity contribution in [3.05, 3.63) is 45.1 Å². The monoisotopic (exact) mass is 456 g/mol. The fourth-order valence-corrected chi connectivity index (χ4v) is 2.22. The zero-order valence-electron chi connectivity index (χ0n) is 10.8. The molecule has 0 aliphatic rings. The van der Waals surface area contributed by atoms with Crippen LogP contribution in [-0.4, -0.2) is 11.8 Å². The molecule has 0 saturated carbocycles. The molecule has 12 heteroatoms. The highest BCUT2D eigenvalue weighted by molar-refractivity contribution is 9.10. The molecule has 2 aromatic rings. The summed E-state index contributed by atoms with van der Waals surface area (Å²) in [7, 11) is -3.53. The van der Waals surface area contributed by atoms with Crippen molar-refractivity contribution in [1.29, 1.82) is 0 Å². The average Bonchev–Trinajstić information content (AvgIpc) is 2.96. The normalized spacial score (nSPS) is 10.5. The number of hydrogen-bond acceptors (Lipinski definition) is 5. The van der Waals surface area contributed by atoms with E-state index in [1.165, 1.54) is 24.7 Å². The van der Waals surface area contributed by atoms with Crippen molar-refractivity contribution >= 4 is 51.3 Å². The summed E-state index contributed by atoms with van der Waals surface area (Å²) >= 11 is 6.03. The summed E-state index contributed by atoms with van der Waals surface area (Å²) in [5.74, 6) is -1.12. The summed E-state index contributed by atoms with van der Waals surface area (Å²) < 4.78 is 21.2. The van der Waals surface area contributed by atoms with Crippen LogP contribution in [-0.2, 0) is 4.57 Å². The maximum atomic E-state index is 11.1. The van der Waals surface area contributed by atoms with Crippen LogP contribution in [0.1, 0.15) is 20.7 Å². The predicted octanol–water partition coefficient (Wildman–Crippen LogP) is 1.94. The van der Waals surface area contributed by atoms with Gasteiger partial charge in [-0.2, -0.15) is 0 Å². The highest BCUT2D eigenvalue weighted by atomic mass is 79.9. The minimum atomic E-state index is -3.53. The predicted molar refractivity (Wildman–Crippen MR) is 84.8 cm³/mol. The summed E-state index contributed by atoms with van der Waals surface area (Å²) in [5, 5.41) is 1.94. The number of nitrogens with two attached hydrogens (primary N) is 3. The summed E-state index contributed by atoms with van der Waals surface area (Å²) in [6.07, 6.45) is 2.49. The van der Waals surface area contributed by atoms with Crippen LogP contribution in [0.5, 0.6) is 0 Å². The Kier molecular flexibility index (Phi) is 6.57. The number of halogens is 2. The fraction of sp³-hybridized carbons (Fsp3) is 0.